The molecule has 0 aromatic heterocycles. The van der Waals surface area contributed by atoms with E-state index >= 15 is 0 Å². The largest absolute Gasteiger partial charge is 0.489 e. The summed E-state index contributed by atoms with van der Waals surface area (Å²) in [7, 11) is -1.14. The van der Waals surface area contributed by atoms with Crippen LogP contribution in [0.15, 0.2) is 54.6 Å². The molecule has 2 aromatic carbocycles. The van der Waals surface area contributed by atoms with Crippen LogP contribution in [0, 0.1) is 17.8 Å². The lowest BCUT2D eigenvalue weighted by atomic mass is 9.85. The summed E-state index contributed by atoms with van der Waals surface area (Å²) < 4.78 is 11.8. The van der Waals surface area contributed by atoms with Crippen LogP contribution in [0.4, 0.5) is 0 Å². The van der Waals surface area contributed by atoms with E-state index in [1.165, 1.54) is 0 Å². The molecule has 3 rings (SSSR count). The van der Waals surface area contributed by atoms with Crippen molar-refractivity contribution in [1.82, 2.24) is 0 Å². The molecular formula is C26H36O4Si. The monoisotopic (exact) mass is 440 g/mol. The van der Waals surface area contributed by atoms with Crippen LogP contribution in [0.3, 0.4) is 0 Å². The van der Waals surface area contributed by atoms with Crippen molar-refractivity contribution in [3.8, 4) is 5.75 Å². The van der Waals surface area contributed by atoms with Gasteiger partial charge in [-0.05, 0) is 60.6 Å². The van der Waals surface area contributed by atoms with Crippen LogP contribution < -0.4 is 4.74 Å². The number of carbonyl (C=O) groups excluding carboxylic acids is 1. The van der Waals surface area contributed by atoms with Crippen molar-refractivity contribution in [2.75, 3.05) is 19.8 Å². The standard InChI is InChI=1S/C26H36O4Si/c1-31(2,3)16-15-29-19-25-22(17-27)11-14-24(25)26(28)21-9-12-23(13-10-21)30-18-20-7-5-4-6-8-20/h4-10,12-13,22,24-25,27H,11,14-19H2,1-3H3. The molecule has 31 heavy (non-hydrogen) atoms. The van der Waals surface area contributed by atoms with E-state index in [9.17, 15) is 9.90 Å². The molecule has 3 unspecified atom stereocenters. The molecule has 0 heterocycles. The maximum Gasteiger partial charge on any atom is 0.166 e. The number of hydrogen-bond donors (Lipinski definition) is 1. The maximum atomic E-state index is 13.2. The number of rotatable bonds is 11. The fourth-order valence-electron chi connectivity index (χ4n) is 4.22. The highest BCUT2D eigenvalue weighted by Crippen LogP contribution is 2.39. The third-order valence-corrected chi connectivity index (χ3v) is 7.94. The molecule has 0 aliphatic heterocycles. The zero-order valence-electron chi connectivity index (χ0n) is 19.0. The molecule has 3 atom stereocenters. The van der Waals surface area contributed by atoms with Gasteiger partial charge in [0.15, 0.2) is 5.78 Å². The van der Waals surface area contributed by atoms with Crippen molar-refractivity contribution in [3.05, 3.63) is 65.7 Å². The molecule has 1 fully saturated rings. The van der Waals surface area contributed by atoms with Crippen molar-refractivity contribution in [1.29, 1.82) is 0 Å². The first-order valence-electron chi connectivity index (χ1n) is 11.4. The Morgan fingerprint density at radius 2 is 1.74 bits per heavy atom. The van der Waals surface area contributed by atoms with E-state index in [1.807, 2.05) is 54.6 Å². The van der Waals surface area contributed by atoms with Gasteiger partial charge < -0.3 is 14.6 Å². The topological polar surface area (TPSA) is 55.8 Å². The summed E-state index contributed by atoms with van der Waals surface area (Å²) in [5.74, 6) is 1.07. The molecule has 4 nitrogen and oxygen atoms in total. The Morgan fingerprint density at radius 1 is 1.03 bits per heavy atom. The van der Waals surface area contributed by atoms with Gasteiger partial charge in [-0.2, -0.15) is 0 Å². The highest BCUT2D eigenvalue weighted by molar-refractivity contribution is 6.76. The Hall–Kier alpha value is -1.95. The van der Waals surface area contributed by atoms with Gasteiger partial charge in [-0.1, -0.05) is 50.0 Å². The SMILES string of the molecule is C[Si](C)(C)CCOCC1C(CO)CCC1C(=O)c1ccc(OCc2ccccc2)cc1. The van der Waals surface area contributed by atoms with Gasteiger partial charge in [-0.3, -0.25) is 4.79 Å². The molecule has 168 valence electrons. The Kier molecular flexibility index (Phi) is 8.47. The van der Waals surface area contributed by atoms with Crippen molar-refractivity contribution >= 4 is 13.9 Å². The molecule has 0 spiro atoms. The van der Waals surface area contributed by atoms with E-state index in [-0.39, 0.29) is 30.1 Å². The molecule has 1 N–H and O–H groups in total. The highest BCUT2D eigenvalue weighted by Gasteiger charge is 2.40. The first-order chi connectivity index (χ1) is 14.9. The maximum absolute atomic E-state index is 13.2. The van der Waals surface area contributed by atoms with Gasteiger partial charge in [0.25, 0.3) is 0 Å². The summed E-state index contributed by atoms with van der Waals surface area (Å²) in [4.78, 5) is 13.2. The normalized spacial score (nSPS) is 21.2. The zero-order chi connectivity index (χ0) is 22.3. The van der Waals surface area contributed by atoms with E-state index in [0.29, 0.717) is 18.8 Å². The predicted octanol–water partition coefficient (Wildman–Crippen LogP) is 5.44. The minimum atomic E-state index is -1.14. The molecule has 0 radical (unpaired) electrons. The van der Waals surface area contributed by atoms with Crippen molar-refractivity contribution in [2.24, 2.45) is 17.8 Å². The quantitative estimate of drug-likeness (QED) is 0.287. The van der Waals surface area contributed by atoms with E-state index in [1.54, 1.807) is 0 Å². The Morgan fingerprint density at radius 3 is 2.39 bits per heavy atom. The van der Waals surface area contributed by atoms with Crippen LogP contribution in [0.25, 0.3) is 0 Å². The smallest absolute Gasteiger partial charge is 0.166 e. The van der Waals surface area contributed by atoms with E-state index in [0.717, 1.165) is 36.8 Å². The lowest BCUT2D eigenvalue weighted by molar-refractivity contribution is 0.0535. The van der Waals surface area contributed by atoms with Crippen LogP contribution in [0.5, 0.6) is 5.75 Å². The molecule has 1 aliphatic rings. The van der Waals surface area contributed by atoms with Gasteiger partial charge >= 0.3 is 0 Å². The number of aliphatic hydroxyl groups is 1. The number of benzene rings is 2. The van der Waals surface area contributed by atoms with Crippen LogP contribution in [-0.2, 0) is 11.3 Å². The van der Waals surface area contributed by atoms with Gasteiger partial charge in [0.05, 0.1) is 6.61 Å². The number of ether oxygens (including phenoxy) is 2. The summed E-state index contributed by atoms with van der Waals surface area (Å²) >= 11 is 0. The van der Waals surface area contributed by atoms with E-state index in [4.69, 9.17) is 9.47 Å². The highest BCUT2D eigenvalue weighted by atomic mass is 28.3. The first-order valence-corrected chi connectivity index (χ1v) is 15.1. The molecule has 0 bridgehead atoms. The van der Waals surface area contributed by atoms with Crippen LogP contribution in [0.1, 0.15) is 28.8 Å². The number of aliphatic hydroxyl groups excluding tert-OH is 1. The summed E-state index contributed by atoms with van der Waals surface area (Å²) in [5.41, 5.74) is 1.82. The fraction of sp³-hybridized carbons (Fsp3) is 0.500. The number of hydrogen-bond acceptors (Lipinski definition) is 4. The number of ketones is 1. The second kappa shape index (κ2) is 11.1. The van der Waals surface area contributed by atoms with Gasteiger partial charge in [-0.15, -0.1) is 0 Å². The molecule has 2 aromatic rings. The van der Waals surface area contributed by atoms with Crippen LogP contribution in [-0.4, -0.2) is 38.8 Å². The average molecular weight is 441 g/mol. The second-order valence-corrected chi connectivity index (χ2v) is 15.5. The Labute approximate surface area is 187 Å². The minimum absolute atomic E-state index is 0.0832. The summed E-state index contributed by atoms with van der Waals surface area (Å²) in [6.07, 6.45) is 1.70. The van der Waals surface area contributed by atoms with Gasteiger partial charge in [0, 0.05) is 32.8 Å². The Bertz CT molecular complexity index is 814. The minimum Gasteiger partial charge on any atom is -0.489 e. The van der Waals surface area contributed by atoms with Crippen LogP contribution >= 0.6 is 0 Å². The van der Waals surface area contributed by atoms with Crippen molar-refractivity contribution in [2.45, 2.75) is 45.1 Å². The first kappa shape index (κ1) is 23.7. The van der Waals surface area contributed by atoms with Gasteiger partial charge in [-0.25, -0.2) is 0 Å². The van der Waals surface area contributed by atoms with Gasteiger partial charge in [0.2, 0.25) is 0 Å². The third kappa shape index (κ3) is 7.02. The molecule has 0 saturated heterocycles. The second-order valence-electron chi connectivity index (χ2n) is 9.84. The number of carbonyl (C=O) groups is 1. The van der Waals surface area contributed by atoms with E-state index in [2.05, 4.69) is 19.6 Å². The van der Waals surface area contributed by atoms with Crippen LogP contribution in [0.2, 0.25) is 25.7 Å². The molecule has 1 aliphatic carbocycles. The molecular weight excluding hydrogens is 404 g/mol. The fourth-order valence-corrected chi connectivity index (χ4v) is 4.98. The summed E-state index contributed by atoms with van der Waals surface area (Å²) in [5, 5.41) is 9.81. The molecule has 1 saturated carbocycles. The predicted molar refractivity (Wildman–Crippen MR) is 127 cm³/mol. The number of Topliss-reactive ketones (excluding diaryl/α,β-unsaturated/α-hetero) is 1. The molecule has 0 amide bonds. The third-order valence-electron chi connectivity index (χ3n) is 6.24. The lowest BCUT2D eigenvalue weighted by Gasteiger charge is -2.24. The average Bonchev–Trinajstić information content (AvgIpc) is 3.18. The summed E-state index contributed by atoms with van der Waals surface area (Å²) in [6.45, 7) is 8.94. The molecule has 5 heteroatoms. The lowest BCUT2D eigenvalue weighted by Crippen LogP contribution is -2.29. The zero-order valence-corrected chi connectivity index (χ0v) is 20.0. The Balaban J connectivity index is 1.57. The van der Waals surface area contributed by atoms with E-state index < -0.39 is 8.07 Å². The van der Waals surface area contributed by atoms with Crippen molar-refractivity contribution in [3.63, 3.8) is 0 Å². The summed E-state index contributed by atoms with van der Waals surface area (Å²) in [6, 6.07) is 18.6. The van der Waals surface area contributed by atoms with Crippen molar-refractivity contribution < 1.29 is 19.4 Å². The van der Waals surface area contributed by atoms with Gasteiger partial charge in [0.1, 0.15) is 12.4 Å².